The molecule has 0 heterocycles. The van der Waals surface area contributed by atoms with E-state index in [9.17, 15) is 15.0 Å². The maximum atomic E-state index is 10.8. The molecule has 0 amide bonds. The predicted molar refractivity (Wildman–Crippen MR) is 53.9 cm³/mol. The number of rotatable bonds is 3. The van der Waals surface area contributed by atoms with Gasteiger partial charge in [-0.1, -0.05) is 12.1 Å². The van der Waals surface area contributed by atoms with Crippen LogP contribution in [-0.2, 0) is 4.79 Å². The Morgan fingerprint density at radius 1 is 1.40 bits per heavy atom. The maximum Gasteiger partial charge on any atom is 0.312 e. The smallest absolute Gasteiger partial charge is 0.312 e. The second-order valence-corrected chi connectivity index (χ2v) is 3.30. The van der Waals surface area contributed by atoms with Gasteiger partial charge in [-0.15, -0.1) is 0 Å². The molecule has 1 rings (SSSR count). The van der Waals surface area contributed by atoms with E-state index in [2.05, 4.69) is 0 Å². The fraction of sp³-hybridized carbons (Fsp3) is 0.300. The van der Waals surface area contributed by atoms with Crippen molar-refractivity contribution in [1.29, 1.82) is 0 Å². The first-order valence-electron chi connectivity index (χ1n) is 4.43. The van der Waals surface area contributed by atoms with Gasteiger partial charge in [0.1, 0.15) is 0 Å². The summed E-state index contributed by atoms with van der Waals surface area (Å²) in [6, 6.07) is 2.99. The molecule has 0 saturated carbocycles. The van der Waals surface area contributed by atoms with Crippen LogP contribution in [0.4, 0.5) is 0 Å². The molecular formula is C10H13NO4. The molecular weight excluding hydrogens is 198 g/mol. The minimum Gasteiger partial charge on any atom is -0.504 e. The molecule has 0 aromatic heterocycles. The molecule has 15 heavy (non-hydrogen) atoms. The van der Waals surface area contributed by atoms with Gasteiger partial charge in [-0.25, -0.2) is 0 Å². The summed E-state index contributed by atoms with van der Waals surface area (Å²) in [5, 5.41) is 27.8. The van der Waals surface area contributed by atoms with Crippen LogP contribution in [0.25, 0.3) is 0 Å². The third-order valence-corrected chi connectivity index (χ3v) is 2.29. The van der Waals surface area contributed by atoms with Crippen molar-refractivity contribution < 1.29 is 20.1 Å². The molecule has 0 spiro atoms. The van der Waals surface area contributed by atoms with Crippen LogP contribution >= 0.6 is 0 Å². The molecule has 82 valence electrons. The average molecular weight is 211 g/mol. The summed E-state index contributed by atoms with van der Waals surface area (Å²) in [5.74, 6) is -2.84. The Morgan fingerprint density at radius 3 is 2.47 bits per heavy atom. The maximum absolute atomic E-state index is 10.8. The zero-order chi connectivity index (χ0) is 11.6. The Kier molecular flexibility index (Phi) is 3.16. The molecule has 0 aliphatic carbocycles. The van der Waals surface area contributed by atoms with E-state index in [1.165, 1.54) is 12.1 Å². The molecule has 1 aromatic carbocycles. The summed E-state index contributed by atoms with van der Waals surface area (Å²) in [7, 11) is 0. The monoisotopic (exact) mass is 211 g/mol. The third kappa shape index (κ3) is 2.02. The molecule has 0 fully saturated rings. The first-order chi connectivity index (χ1) is 6.99. The summed E-state index contributed by atoms with van der Waals surface area (Å²) < 4.78 is 0. The highest BCUT2D eigenvalue weighted by molar-refractivity contribution is 5.78. The highest BCUT2D eigenvalue weighted by Crippen LogP contribution is 2.36. The van der Waals surface area contributed by atoms with Gasteiger partial charge >= 0.3 is 5.97 Å². The second-order valence-electron chi connectivity index (χ2n) is 3.30. The first kappa shape index (κ1) is 11.3. The molecule has 0 aliphatic rings. The van der Waals surface area contributed by atoms with E-state index < -0.39 is 17.6 Å². The average Bonchev–Trinajstić information content (AvgIpc) is 2.18. The Hall–Kier alpha value is -1.75. The highest BCUT2D eigenvalue weighted by Gasteiger charge is 2.23. The van der Waals surface area contributed by atoms with Gasteiger partial charge in [0.15, 0.2) is 11.5 Å². The molecule has 5 N–H and O–H groups in total. The summed E-state index contributed by atoms with van der Waals surface area (Å²) in [6.07, 6.45) is 0. The van der Waals surface area contributed by atoms with Crippen LogP contribution in [0.2, 0.25) is 0 Å². The van der Waals surface area contributed by atoms with Gasteiger partial charge in [0.25, 0.3) is 0 Å². The van der Waals surface area contributed by atoms with E-state index in [1.54, 1.807) is 6.92 Å². The fourth-order valence-corrected chi connectivity index (χ4v) is 1.34. The minimum atomic E-state index is -1.13. The Balaban J connectivity index is 3.25. The van der Waals surface area contributed by atoms with E-state index in [4.69, 9.17) is 10.8 Å². The molecule has 1 unspecified atom stereocenters. The molecule has 5 nitrogen and oxygen atoms in total. The first-order valence-corrected chi connectivity index (χ1v) is 4.43. The van der Waals surface area contributed by atoms with Crippen molar-refractivity contribution >= 4 is 5.97 Å². The number of hydrogen-bond acceptors (Lipinski definition) is 4. The van der Waals surface area contributed by atoms with E-state index in [0.717, 1.165) is 0 Å². The standard InChI is InChI=1S/C10H13NO4/c1-5-2-3-6(9(13)8(5)12)7(4-11)10(14)15/h2-3,7,12-13H,4,11H2,1H3,(H,14,15). The van der Waals surface area contributed by atoms with E-state index in [0.29, 0.717) is 5.56 Å². The van der Waals surface area contributed by atoms with Crippen molar-refractivity contribution in [3.05, 3.63) is 23.3 Å². The zero-order valence-corrected chi connectivity index (χ0v) is 8.27. The van der Waals surface area contributed by atoms with Crippen LogP contribution < -0.4 is 5.73 Å². The highest BCUT2D eigenvalue weighted by atomic mass is 16.4. The summed E-state index contributed by atoms with van der Waals surface area (Å²) in [4.78, 5) is 10.8. The molecule has 1 atom stereocenters. The number of benzene rings is 1. The summed E-state index contributed by atoms with van der Waals surface area (Å²) >= 11 is 0. The van der Waals surface area contributed by atoms with E-state index in [-0.39, 0.29) is 17.9 Å². The molecule has 5 heteroatoms. The third-order valence-electron chi connectivity index (χ3n) is 2.29. The number of carboxylic acid groups (broad SMARTS) is 1. The van der Waals surface area contributed by atoms with Gasteiger partial charge in [0, 0.05) is 12.1 Å². The lowest BCUT2D eigenvalue weighted by atomic mass is 9.96. The zero-order valence-electron chi connectivity index (χ0n) is 8.27. The lowest BCUT2D eigenvalue weighted by Gasteiger charge is -2.13. The van der Waals surface area contributed by atoms with Gasteiger partial charge in [-0.05, 0) is 12.5 Å². The van der Waals surface area contributed by atoms with Crippen molar-refractivity contribution in [2.75, 3.05) is 6.54 Å². The number of carboxylic acids is 1. The Morgan fingerprint density at radius 2 is 2.00 bits per heavy atom. The fourth-order valence-electron chi connectivity index (χ4n) is 1.34. The van der Waals surface area contributed by atoms with Crippen LogP contribution in [0.1, 0.15) is 17.0 Å². The largest absolute Gasteiger partial charge is 0.504 e. The number of aryl methyl sites for hydroxylation is 1. The van der Waals surface area contributed by atoms with Crippen LogP contribution in [-0.4, -0.2) is 27.8 Å². The molecule has 0 saturated heterocycles. The number of nitrogens with two attached hydrogens (primary N) is 1. The molecule has 0 bridgehead atoms. The molecule has 0 aliphatic heterocycles. The van der Waals surface area contributed by atoms with Crippen LogP contribution in [0.5, 0.6) is 11.5 Å². The SMILES string of the molecule is Cc1ccc(C(CN)C(=O)O)c(O)c1O. The number of hydrogen-bond donors (Lipinski definition) is 4. The van der Waals surface area contributed by atoms with Crippen LogP contribution in [0, 0.1) is 6.92 Å². The van der Waals surface area contributed by atoms with Crippen molar-refractivity contribution in [2.24, 2.45) is 5.73 Å². The topological polar surface area (TPSA) is 104 Å². The number of aromatic hydroxyl groups is 2. The number of phenols is 2. The number of carbonyl (C=O) groups is 1. The van der Waals surface area contributed by atoms with Crippen LogP contribution in [0.3, 0.4) is 0 Å². The number of aliphatic carboxylic acids is 1. The van der Waals surface area contributed by atoms with Crippen molar-refractivity contribution in [3.8, 4) is 11.5 Å². The van der Waals surface area contributed by atoms with Gasteiger partial charge in [0.2, 0.25) is 0 Å². The van der Waals surface area contributed by atoms with Gasteiger partial charge in [-0.2, -0.15) is 0 Å². The quantitative estimate of drug-likeness (QED) is 0.546. The van der Waals surface area contributed by atoms with Gasteiger partial charge in [0.05, 0.1) is 5.92 Å². The summed E-state index contributed by atoms with van der Waals surface area (Å²) in [6.45, 7) is 1.47. The summed E-state index contributed by atoms with van der Waals surface area (Å²) in [5.41, 5.74) is 5.91. The van der Waals surface area contributed by atoms with Crippen molar-refractivity contribution in [1.82, 2.24) is 0 Å². The normalized spacial score (nSPS) is 12.4. The number of phenolic OH excluding ortho intramolecular Hbond substituents is 2. The lowest BCUT2D eigenvalue weighted by Crippen LogP contribution is -2.21. The van der Waals surface area contributed by atoms with Crippen LogP contribution in [0.15, 0.2) is 12.1 Å². The van der Waals surface area contributed by atoms with Crippen molar-refractivity contribution in [2.45, 2.75) is 12.8 Å². The lowest BCUT2D eigenvalue weighted by molar-refractivity contribution is -0.138. The Bertz CT molecular complexity index is 389. The minimum absolute atomic E-state index is 0.133. The molecule has 0 radical (unpaired) electrons. The van der Waals surface area contributed by atoms with Gasteiger partial charge in [-0.3, -0.25) is 4.79 Å². The molecule has 1 aromatic rings. The van der Waals surface area contributed by atoms with Crippen molar-refractivity contribution in [3.63, 3.8) is 0 Å². The second kappa shape index (κ2) is 4.18. The van der Waals surface area contributed by atoms with E-state index >= 15 is 0 Å². The van der Waals surface area contributed by atoms with E-state index in [1.807, 2.05) is 0 Å². The predicted octanol–water partition coefficient (Wildman–Crippen LogP) is 0.533. The Labute approximate surface area is 86.8 Å². The van der Waals surface area contributed by atoms with Gasteiger partial charge < -0.3 is 21.1 Å².